The minimum Gasteiger partial charge on any atom is -0.366 e. The smallest absolute Gasteiger partial charge is 0.123 e. The lowest BCUT2D eigenvalue weighted by atomic mass is 10.0. The molecule has 3 rings (SSSR count). The van der Waals surface area contributed by atoms with Crippen molar-refractivity contribution < 1.29 is 4.39 Å². The molecule has 4 heteroatoms. The van der Waals surface area contributed by atoms with Gasteiger partial charge in [0, 0.05) is 37.4 Å². The maximum absolute atomic E-state index is 13.3. The van der Waals surface area contributed by atoms with Gasteiger partial charge in [0.05, 0.1) is 0 Å². The van der Waals surface area contributed by atoms with Gasteiger partial charge in [-0.25, -0.2) is 4.39 Å². The summed E-state index contributed by atoms with van der Waals surface area (Å²) in [5.74, 6) is -0.198. The minimum atomic E-state index is -0.198. The number of hydrogen-bond donors (Lipinski definition) is 1. The summed E-state index contributed by atoms with van der Waals surface area (Å²) in [7, 11) is 0. The lowest BCUT2D eigenvalue weighted by molar-refractivity contribution is 0.203. The fourth-order valence-corrected chi connectivity index (χ4v) is 3.52. The number of anilines is 1. The first-order valence-corrected chi connectivity index (χ1v) is 7.18. The van der Waals surface area contributed by atoms with Crippen LogP contribution in [-0.4, -0.2) is 36.6 Å². The van der Waals surface area contributed by atoms with Crippen LogP contribution in [0.2, 0.25) is 0 Å². The Labute approximate surface area is 114 Å². The Bertz CT molecular complexity index is 463. The molecule has 2 atom stereocenters. The van der Waals surface area contributed by atoms with Crippen LogP contribution in [0.3, 0.4) is 0 Å². The van der Waals surface area contributed by atoms with Crippen molar-refractivity contribution in [1.82, 2.24) is 4.90 Å². The zero-order valence-corrected chi connectivity index (χ0v) is 11.5. The van der Waals surface area contributed by atoms with Gasteiger partial charge < -0.3 is 10.6 Å². The van der Waals surface area contributed by atoms with Gasteiger partial charge in [-0.3, -0.25) is 4.90 Å². The van der Waals surface area contributed by atoms with E-state index in [1.807, 2.05) is 6.07 Å². The molecule has 1 aromatic rings. The van der Waals surface area contributed by atoms with E-state index < -0.39 is 0 Å². The van der Waals surface area contributed by atoms with Gasteiger partial charge in [-0.15, -0.1) is 0 Å². The maximum atomic E-state index is 13.3. The normalized spacial score (nSPS) is 27.6. The molecular formula is C15H22FN3. The molecular weight excluding hydrogens is 241 g/mol. The zero-order chi connectivity index (χ0) is 13.4. The van der Waals surface area contributed by atoms with Gasteiger partial charge in [-0.1, -0.05) is 0 Å². The Hall–Kier alpha value is -1.13. The number of hydrogen-bond acceptors (Lipinski definition) is 3. The van der Waals surface area contributed by atoms with Crippen LogP contribution in [0.15, 0.2) is 18.2 Å². The summed E-state index contributed by atoms with van der Waals surface area (Å²) in [6.45, 7) is 6.02. The predicted octanol–water partition coefficient (Wildman–Crippen LogP) is 1.96. The summed E-state index contributed by atoms with van der Waals surface area (Å²) < 4.78 is 13.3. The van der Waals surface area contributed by atoms with E-state index in [0.717, 1.165) is 24.3 Å². The Balaban J connectivity index is 1.88. The topological polar surface area (TPSA) is 32.5 Å². The van der Waals surface area contributed by atoms with Crippen molar-refractivity contribution in [1.29, 1.82) is 0 Å². The van der Waals surface area contributed by atoms with Gasteiger partial charge in [0.2, 0.25) is 0 Å². The Morgan fingerprint density at radius 3 is 3.00 bits per heavy atom. The lowest BCUT2D eigenvalue weighted by Gasteiger charge is -2.44. The molecule has 0 saturated carbocycles. The molecule has 2 N–H and O–H groups in total. The molecule has 2 aliphatic rings. The molecule has 104 valence electrons. The third kappa shape index (κ3) is 2.35. The highest BCUT2D eigenvalue weighted by molar-refractivity contribution is 5.55. The van der Waals surface area contributed by atoms with Crippen LogP contribution in [0, 0.1) is 5.82 Å². The SMILES string of the molecule is CC1CN2CCCC2CN1c1ccc(F)cc1CN. The van der Waals surface area contributed by atoms with Crippen molar-refractivity contribution in [2.24, 2.45) is 5.73 Å². The van der Waals surface area contributed by atoms with Crippen molar-refractivity contribution in [3.05, 3.63) is 29.6 Å². The third-order valence-corrected chi connectivity index (χ3v) is 4.51. The molecule has 0 amide bonds. The molecule has 19 heavy (non-hydrogen) atoms. The van der Waals surface area contributed by atoms with Gasteiger partial charge in [0.15, 0.2) is 0 Å². The standard InChI is InChI=1S/C15H22FN3/c1-11-9-18-6-2-3-14(18)10-19(11)15-5-4-13(16)7-12(15)8-17/h4-5,7,11,14H,2-3,6,8-10,17H2,1H3. The molecule has 2 unspecified atom stereocenters. The molecule has 0 aromatic heterocycles. The van der Waals surface area contributed by atoms with Crippen LogP contribution in [-0.2, 0) is 6.54 Å². The second-order valence-electron chi connectivity index (χ2n) is 5.77. The first-order chi connectivity index (χ1) is 9.19. The molecule has 0 aliphatic carbocycles. The Morgan fingerprint density at radius 1 is 1.37 bits per heavy atom. The largest absolute Gasteiger partial charge is 0.366 e. The highest BCUT2D eigenvalue weighted by Crippen LogP contribution is 2.30. The molecule has 2 fully saturated rings. The molecule has 0 bridgehead atoms. The first kappa shape index (κ1) is 12.9. The van der Waals surface area contributed by atoms with Gasteiger partial charge >= 0.3 is 0 Å². The number of rotatable bonds is 2. The number of piperazine rings is 1. The fraction of sp³-hybridized carbons (Fsp3) is 0.600. The van der Waals surface area contributed by atoms with Crippen LogP contribution >= 0.6 is 0 Å². The predicted molar refractivity (Wildman–Crippen MR) is 75.7 cm³/mol. The highest BCUT2D eigenvalue weighted by Gasteiger charge is 2.34. The summed E-state index contributed by atoms with van der Waals surface area (Å²) in [4.78, 5) is 5.00. The van der Waals surface area contributed by atoms with Gasteiger partial charge in [0.1, 0.15) is 5.82 Å². The van der Waals surface area contributed by atoms with Crippen molar-refractivity contribution in [2.75, 3.05) is 24.5 Å². The van der Waals surface area contributed by atoms with E-state index in [9.17, 15) is 4.39 Å². The van der Waals surface area contributed by atoms with Crippen molar-refractivity contribution in [3.63, 3.8) is 0 Å². The number of benzene rings is 1. The average Bonchev–Trinajstić information content (AvgIpc) is 2.85. The van der Waals surface area contributed by atoms with Gasteiger partial charge in [0.25, 0.3) is 0 Å². The summed E-state index contributed by atoms with van der Waals surface area (Å²) in [5, 5.41) is 0. The summed E-state index contributed by atoms with van der Waals surface area (Å²) in [6, 6.07) is 6.13. The third-order valence-electron chi connectivity index (χ3n) is 4.51. The monoisotopic (exact) mass is 263 g/mol. The molecule has 0 radical (unpaired) electrons. The molecule has 1 aromatic carbocycles. The number of halogens is 1. The lowest BCUT2D eigenvalue weighted by Crippen LogP contribution is -2.55. The van der Waals surface area contributed by atoms with Gasteiger partial charge in [-0.05, 0) is 50.1 Å². The van der Waals surface area contributed by atoms with E-state index in [1.54, 1.807) is 12.1 Å². The van der Waals surface area contributed by atoms with Crippen LogP contribution in [0.5, 0.6) is 0 Å². The van der Waals surface area contributed by atoms with Crippen molar-refractivity contribution in [3.8, 4) is 0 Å². The van der Waals surface area contributed by atoms with E-state index in [2.05, 4.69) is 16.7 Å². The minimum absolute atomic E-state index is 0.198. The van der Waals surface area contributed by atoms with E-state index >= 15 is 0 Å². The molecule has 0 spiro atoms. The van der Waals surface area contributed by atoms with Crippen LogP contribution in [0.4, 0.5) is 10.1 Å². The Kier molecular flexibility index (Phi) is 3.46. The van der Waals surface area contributed by atoms with Crippen LogP contribution in [0.25, 0.3) is 0 Å². The van der Waals surface area contributed by atoms with Crippen molar-refractivity contribution >= 4 is 5.69 Å². The van der Waals surface area contributed by atoms with E-state index in [-0.39, 0.29) is 5.82 Å². The quantitative estimate of drug-likeness (QED) is 0.885. The second kappa shape index (κ2) is 5.10. The van der Waals surface area contributed by atoms with Crippen LogP contribution in [0.1, 0.15) is 25.3 Å². The molecule has 2 aliphatic heterocycles. The first-order valence-electron chi connectivity index (χ1n) is 7.18. The van der Waals surface area contributed by atoms with Crippen molar-refractivity contribution in [2.45, 2.75) is 38.4 Å². The number of nitrogens with zero attached hydrogens (tertiary/aromatic N) is 2. The number of nitrogens with two attached hydrogens (primary N) is 1. The summed E-state index contributed by atoms with van der Waals surface area (Å²) >= 11 is 0. The molecule has 2 heterocycles. The number of fused-ring (bicyclic) bond motifs is 1. The summed E-state index contributed by atoms with van der Waals surface area (Å²) in [5.41, 5.74) is 7.80. The van der Waals surface area contributed by atoms with E-state index in [0.29, 0.717) is 18.6 Å². The molecule has 2 saturated heterocycles. The Morgan fingerprint density at radius 2 is 2.21 bits per heavy atom. The van der Waals surface area contributed by atoms with Gasteiger partial charge in [-0.2, -0.15) is 0 Å². The average molecular weight is 263 g/mol. The van der Waals surface area contributed by atoms with E-state index in [1.165, 1.54) is 19.4 Å². The zero-order valence-electron chi connectivity index (χ0n) is 11.5. The molecule has 3 nitrogen and oxygen atoms in total. The highest BCUT2D eigenvalue weighted by atomic mass is 19.1. The maximum Gasteiger partial charge on any atom is 0.123 e. The summed E-state index contributed by atoms with van der Waals surface area (Å²) in [6.07, 6.45) is 2.58. The second-order valence-corrected chi connectivity index (χ2v) is 5.77. The van der Waals surface area contributed by atoms with E-state index in [4.69, 9.17) is 5.73 Å². The fourth-order valence-electron chi connectivity index (χ4n) is 3.52. The van der Waals surface area contributed by atoms with Crippen LogP contribution < -0.4 is 10.6 Å².